The van der Waals surface area contributed by atoms with Gasteiger partial charge in [-0.25, -0.2) is 18.0 Å². The summed E-state index contributed by atoms with van der Waals surface area (Å²) in [5.41, 5.74) is 0.959. The first-order valence-electron chi connectivity index (χ1n) is 16.6. The molecule has 6 rings (SSSR count). The zero-order valence-corrected chi connectivity index (χ0v) is 31.2. The monoisotopic (exact) mass is 814 g/mol. The van der Waals surface area contributed by atoms with Gasteiger partial charge in [0.15, 0.2) is 23.2 Å². The second-order valence-electron chi connectivity index (χ2n) is 13.3. The molecule has 0 radical (unpaired) electrons. The third-order valence-electron chi connectivity index (χ3n) is 9.06. The van der Waals surface area contributed by atoms with Crippen LogP contribution in [0.4, 0.5) is 24.9 Å². The number of anilines is 2. The van der Waals surface area contributed by atoms with Gasteiger partial charge in [0.05, 0.1) is 24.8 Å². The van der Waals surface area contributed by atoms with E-state index in [0.717, 1.165) is 17.3 Å². The molecule has 1 saturated carbocycles. The van der Waals surface area contributed by atoms with Crippen LogP contribution in [0, 0.1) is 0 Å². The number of carbonyl (C=O) groups excluding carboxylic acids is 1. The average Bonchev–Trinajstić information content (AvgIpc) is 3.60. The number of aliphatic hydroxyl groups excluding tert-OH is 1. The Hall–Kier alpha value is -4.41. The van der Waals surface area contributed by atoms with E-state index in [2.05, 4.69) is 24.9 Å². The fourth-order valence-corrected chi connectivity index (χ4v) is 8.55. The molecule has 0 amide bonds. The summed E-state index contributed by atoms with van der Waals surface area (Å²) in [7, 11) is -7.01. The van der Waals surface area contributed by atoms with Crippen molar-refractivity contribution in [3.63, 3.8) is 0 Å². The number of aromatic nitrogens is 4. The number of benzene rings is 2. The lowest BCUT2D eigenvalue weighted by atomic mass is 9.78. The first kappa shape index (κ1) is 40.3. The quantitative estimate of drug-likeness (QED) is 0.0698. The number of nitrogens with one attached hydrogen (secondary N) is 2. The summed E-state index contributed by atoms with van der Waals surface area (Å²) >= 11 is 0. The van der Waals surface area contributed by atoms with Crippen LogP contribution in [0.2, 0.25) is 0 Å². The van der Waals surface area contributed by atoms with Gasteiger partial charge in [0, 0.05) is 12.6 Å². The van der Waals surface area contributed by atoms with E-state index in [9.17, 15) is 41.2 Å². The molecule has 18 nitrogen and oxygen atoms in total. The second kappa shape index (κ2) is 14.9. The fraction of sp³-hybridized carbons (Fsp3) is 0.438. The number of ether oxygens (including phenoxy) is 2. The maximum absolute atomic E-state index is 14.5. The summed E-state index contributed by atoms with van der Waals surface area (Å²) in [5.74, 6) is -1.25. The Morgan fingerprint density at radius 2 is 1.84 bits per heavy atom. The van der Waals surface area contributed by atoms with Crippen LogP contribution in [0.25, 0.3) is 11.2 Å². The number of hydrazine groups is 1. The molecule has 1 aliphatic heterocycles. The summed E-state index contributed by atoms with van der Waals surface area (Å²) in [5, 5.41) is 26.5. The summed E-state index contributed by atoms with van der Waals surface area (Å²) in [4.78, 5) is 28.2. The standard InChI is InChI=1S/C32H38F3N8O10PS/c1-30(46)24(44)22(52-27(30)43-18-37-23-25(38-29(36)39-26(23)43)42(2)41-55(3,48)49)17-51-54(47,53-20-11-5-4-6-12-20)40-31(14-9-15-31)28(45)50-16-19-10-7-8-13-21(19)32(33,34)35/h4-8,10-13,18,22,24,27,41,44,46H,9,14-17H2,1-3H3,(H,40,47)(H2,36,38,39)/t22?,24-,27?,30-,54?/m1/s1. The molecule has 3 unspecified atom stereocenters. The molecule has 4 aromatic rings. The number of nitrogens with zero attached hydrogens (tertiary/aromatic N) is 5. The van der Waals surface area contributed by atoms with Crippen molar-refractivity contribution >= 4 is 46.7 Å². The van der Waals surface area contributed by atoms with Gasteiger partial charge in [0.25, 0.3) is 0 Å². The molecule has 2 aromatic heterocycles. The SMILES string of the molecule is CN(NS(C)(=O)=O)c1nc(N)nc2c1ncn2C1OC(COP(=O)(NC2(C(=O)OCc3ccccc3C(F)(F)F)CCC2)Oc2ccccc2)[C@@H](O)[C@@]1(C)O. The Labute approximate surface area is 312 Å². The number of esters is 1. The van der Waals surface area contributed by atoms with Crippen molar-refractivity contribution in [2.24, 2.45) is 0 Å². The van der Waals surface area contributed by atoms with Gasteiger partial charge >= 0.3 is 19.9 Å². The van der Waals surface area contributed by atoms with Crippen LogP contribution in [0.5, 0.6) is 5.75 Å². The van der Waals surface area contributed by atoms with Gasteiger partial charge < -0.3 is 29.9 Å². The number of aliphatic hydroxyl groups is 2. The Morgan fingerprint density at radius 1 is 1.16 bits per heavy atom. The van der Waals surface area contributed by atoms with E-state index in [1.807, 2.05) is 0 Å². The maximum Gasteiger partial charge on any atom is 0.459 e. The highest BCUT2D eigenvalue weighted by Crippen LogP contribution is 2.51. The van der Waals surface area contributed by atoms with Gasteiger partial charge in [-0.3, -0.25) is 18.9 Å². The lowest BCUT2D eigenvalue weighted by molar-refractivity contribution is -0.157. The molecule has 0 spiro atoms. The van der Waals surface area contributed by atoms with Gasteiger partial charge in [-0.15, -0.1) is 4.83 Å². The molecule has 2 aliphatic rings. The smallest absolute Gasteiger partial charge is 0.459 e. The van der Waals surface area contributed by atoms with Crippen molar-refractivity contribution in [3.05, 3.63) is 72.1 Å². The molecule has 1 saturated heterocycles. The Balaban J connectivity index is 1.23. The summed E-state index contributed by atoms with van der Waals surface area (Å²) < 4.78 is 103. The van der Waals surface area contributed by atoms with Crippen molar-refractivity contribution in [1.29, 1.82) is 0 Å². The van der Waals surface area contributed by atoms with Crippen LogP contribution >= 0.6 is 7.75 Å². The van der Waals surface area contributed by atoms with Crippen molar-refractivity contribution in [2.45, 2.75) is 68.5 Å². The molecule has 3 heterocycles. The number of carbonyl (C=O) groups is 1. The molecule has 5 atom stereocenters. The van der Waals surface area contributed by atoms with Crippen molar-refractivity contribution in [3.8, 4) is 5.75 Å². The molecule has 298 valence electrons. The molecule has 1 aliphatic carbocycles. The third kappa shape index (κ3) is 8.55. The van der Waals surface area contributed by atoms with Gasteiger partial charge in [0.1, 0.15) is 35.7 Å². The van der Waals surface area contributed by atoms with E-state index in [1.165, 1.54) is 55.2 Å². The first-order chi connectivity index (χ1) is 25.7. The van der Waals surface area contributed by atoms with E-state index in [4.69, 9.17) is 24.3 Å². The number of imidazole rings is 1. The van der Waals surface area contributed by atoms with Crippen LogP contribution < -0.4 is 25.2 Å². The highest BCUT2D eigenvalue weighted by Gasteiger charge is 2.56. The third-order valence-corrected chi connectivity index (χ3v) is 11.3. The summed E-state index contributed by atoms with van der Waals surface area (Å²) in [6.07, 6.45) is -6.47. The number of fused-ring (bicyclic) bond motifs is 1. The summed E-state index contributed by atoms with van der Waals surface area (Å²) in [6, 6.07) is 12.4. The number of sulfonamides is 1. The van der Waals surface area contributed by atoms with Gasteiger partial charge in [-0.1, -0.05) is 36.4 Å². The zero-order valence-electron chi connectivity index (χ0n) is 29.5. The van der Waals surface area contributed by atoms with Crippen LogP contribution in [0.1, 0.15) is 43.5 Å². The van der Waals surface area contributed by atoms with Gasteiger partial charge in [-0.05, 0) is 44.4 Å². The minimum atomic E-state index is -4.69. The number of hydrogen-bond donors (Lipinski definition) is 5. The number of alkyl halides is 3. The normalized spacial score (nSPS) is 23.5. The minimum absolute atomic E-state index is 0.00765. The van der Waals surface area contributed by atoms with E-state index in [-0.39, 0.29) is 47.1 Å². The molecule has 55 heavy (non-hydrogen) atoms. The van der Waals surface area contributed by atoms with E-state index in [0.29, 0.717) is 6.42 Å². The number of nitrogen functional groups attached to an aromatic ring is 1. The van der Waals surface area contributed by atoms with E-state index < -0.39 is 78.3 Å². The molecule has 0 bridgehead atoms. The maximum atomic E-state index is 14.5. The number of para-hydroxylation sites is 1. The molecular weight excluding hydrogens is 776 g/mol. The lowest BCUT2D eigenvalue weighted by Gasteiger charge is -2.41. The average molecular weight is 815 g/mol. The van der Waals surface area contributed by atoms with Gasteiger partial charge in [0.2, 0.25) is 16.0 Å². The topological polar surface area (TPSA) is 243 Å². The van der Waals surface area contributed by atoms with E-state index in [1.54, 1.807) is 18.2 Å². The van der Waals surface area contributed by atoms with E-state index >= 15 is 0 Å². The van der Waals surface area contributed by atoms with Crippen molar-refractivity contribution < 1.29 is 59.7 Å². The Bertz CT molecular complexity index is 2210. The van der Waals surface area contributed by atoms with Crippen LogP contribution in [0.3, 0.4) is 0 Å². The Morgan fingerprint density at radius 3 is 2.47 bits per heavy atom. The van der Waals surface area contributed by atoms with Crippen LogP contribution in [-0.2, 0) is 46.2 Å². The van der Waals surface area contributed by atoms with Crippen LogP contribution in [0.15, 0.2) is 60.9 Å². The first-order valence-corrected chi connectivity index (χ1v) is 20.0. The molecule has 6 N–H and O–H groups in total. The largest absolute Gasteiger partial charge is 0.459 e. The molecule has 23 heteroatoms. The molecule has 2 aromatic carbocycles. The number of nitrogens with two attached hydrogens (primary N) is 1. The zero-order chi connectivity index (χ0) is 40.0. The highest BCUT2D eigenvalue weighted by atomic mass is 32.2. The number of hydrogen-bond acceptors (Lipinski definition) is 15. The summed E-state index contributed by atoms with van der Waals surface area (Å²) in [6.45, 7) is -0.149. The predicted octanol–water partition coefficient (Wildman–Crippen LogP) is 2.80. The fourth-order valence-electron chi connectivity index (χ4n) is 6.22. The molecular formula is C32H38F3N8O10PS. The second-order valence-corrected chi connectivity index (χ2v) is 16.7. The highest BCUT2D eigenvalue weighted by molar-refractivity contribution is 7.88. The number of halogens is 3. The molecule has 2 fully saturated rings. The van der Waals surface area contributed by atoms with Gasteiger partial charge in [-0.2, -0.15) is 28.2 Å². The van der Waals surface area contributed by atoms with Crippen molar-refractivity contribution in [2.75, 3.05) is 30.7 Å². The van der Waals surface area contributed by atoms with Crippen LogP contribution in [-0.4, -0.2) is 87.4 Å². The lowest BCUT2D eigenvalue weighted by Crippen LogP contribution is -2.57. The number of rotatable bonds is 14. The predicted molar refractivity (Wildman–Crippen MR) is 188 cm³/mol. The van der Waals surface area contributed by atoms with Crippen molar-refractivity contribution in [1.82, 2.24) is 29.4 Å². The Kier molecular flexibility index (Phi) is 10.9. The minimum Gasteiger partial charge on any atom is -0.459 e.